The van der Waals surface area contributed by atoms with E-state index < -0.39 is 0 Å². The zero-order valence-corrected chi connectivity index (χ0v) is 12.6. The van der Waals surface area contributed by atoms with Crippen LogP contribution in [0.5, 0.6) is 5.75 Å². The number of hydrogen-bond acceptors (Lipinski definition) is 3. The van der Waals surface area contributed by atoms with E-state index in [1.807, 2.05) is 48.5 Å². The second-order valence-corrected chi connectivity index (χ2v) is 5.21. The summed E-state index contributed by atoms with van der Waals surface area (Å²) >= 11 is 3.41. The van der Waals surface area contributed by atoms with Crippen LogP contribution in [0.2, 0.25) is 0 Å². The third-order valence-electron chi connectivity index (χ3n) is 2.76. The molecule has 3 nitrogen and oxygen atoms in total. The van der Waals surface area contributed by atoms with Gasteiger partial charge in [0.1, 0.15) is 12.4 Å². The molecule has 0 aliphatic carbocycles. The van der Waals surface area contributed by atoms with Crippen LogP contribution < -0.4 is 10.1 Å². The molecule has 0 unspecified atom stereocenters. The number of halogens is 1. The summed E-state index contributed by atoms with van der Waals surface area (Å²) in [7, 11) is 0. The molecule has 2 rings (SSSR count). The number of nitrogens with one attached hydrogen (secondary N) is 1. The molecule has 0 heterocycles. The highest BCUT2D eigenvalue weighted by atomic mass is 79.9. The number of benzene rings is 2. The van der Waals surface area contributed by atoms with Crippen molar-refractivity contribution >= 4 is 15.9 Å². The van der Waals surface area contributed by atoms with Crippen molar-refractivity contribution in [3.05, 3.63) is 64.1 Å². The van der Waals surface area contributed by atoms with Crippen LogP contribution in [0.1, 0.15) is 11.1 Å². The van der Waals surface area contributed by atoms with Crippen molar-refractivity contribution in [3.63, 3.8) is 0 Å². The highest BCUT2D eigenvalue weighted by Crippen LogP contribution is 2.17. The van der Waals surface area contributed by atoms with Gasteiger partial charge in [-0.1, -0.05) is 34.1 Å². The maximum atomic E-state index is 8.72. The maximum Gasteiger partial charge on any atom is 0.120 e. The number of nitriles is 1. The van der Waals surface area contributed by atoms with Crippen molar-refractivity contribution < 1.29 is 4.74 Å². The fourth-order valence-electron chi connectivity index (χ4n) is 1.73. The monoisotopic (exact) mass is 330 g/mol. The quantitative estimate of drug-likeness (QED) is 0.824. The molecular formula is C16H15BrN2O. The van der Waals surface area contributed by atoms with E-state index in [-0.39, 0.29) is 0 Å². The molecule has 0 fully saturated rings. The first-order chi connectivity index (χ1) is 9.78. The van der Waals surface area contributed by atoms with Crippen LogP contribution >= 0.6 is 15.9 Å². The average Bonchev–Trinajstić information content (AvgIpc) is 2.48. The number of nitrogens with zero attached hydrogens (tertiary/aromatic N) is 1. The fourth-order valence-corrected chi connectivity index (χ4v) is 2.11. The van der Waals surface area contributed by atoms with E-state index in [0.29, 0.717) is 12.2 Å². The molecular weight excluding hydrogens is 316 g/mol. The van der Waals surface area contributed by atoms with Crippen LogP contribution in [0.3, 0.4) is 0 Å². The third kappa shape index (κ3) is 4.69. The lowest BCUT2D eigenvalue weighted by Crippen LogP contribution is -2.20. The SMILES string of the molecule is N#Cc1ccc(CNCCOc2cccc(Br)c2)cc1. The predicted octanol–water partition coefficient (Wildman–Crippen LogP) is 3.49. The van der Waals surface area contributed by atoms with Crippen LogP contribution in [0.4, 0.5) is 0 Å². The normalized spacial score (nSPS) is 10.0. The molecule has 0 spiro atoms. The summed E-state index contributed by atoms with van der Waals surface area (Å²) < 4.78 is 6.64. The van der Waals surface area contributed by atoms with Crippen molar-refractivity contribution in [3.8, 4) is 11.8 Å². The standard InChI is InChI=1S/C16H15BrN2O/c17-15-2-1-3-16(10-15)20-9-8-19-12-14-6-4-13(11-18)5-7-14/h1-7,10,19H,8-9,12H2. The minimum atomic E-state index is 0.618. The summed E-state index contributed by atoms with van der Waals surface area (Å²) in [6.07, 6.45) is 0. The second-order valence-electron chi connectivity index (χ2n) is 4.29. The molecule has 0 saturated carbocycles. The minimum absolute atomic E-state index is 0.618. The molecule has 4 heteroatoms. The van der Waals surface area contributed by atoms with Gasteiger partial charge in [-0.2, -0.15) is 5.26 Å². The predicted molar refractivity (Wildman–Crippen MR) is 82.5 cm³/mol. The molecule has 102 valence electrons. The van der Waals surface area contributed by atoms with Gasteiger partial charge in [0, 0.05) is 17.6 Å². The highest BCUT2D eigenvalue weighted by Gasteiger charge is 1.96. The van der Waals surface area contributed by atoms with Gasteiger partial charge in [0.2, 0.25) is 0 Å². The Morgan fingerprint density at radius 1 is 1.15 bits per heavy atom. The first-order valence-corrected chi connectivity index (χ1v) is 7.15. The van der Waals surface area contributed by atoms with E-state index in [1.54, 1.807) is 0 Å². The van der Waals surface area contributed by atoms with Gasteiger partial charge in [-0.25, -0.2) is 0 Å². The number of hydrogen-bond donors (Lipinski definition) is 1. The van der Waals surface area contributed by atoms with Gasteiger partial charge in [-0.15, -0.1) is 0 Å². The van der Waals surface area contributed by atoms with Gasteiger partial charge >= 0.3 is 0 Å². The lowest BCUT2D eigenvalue weighted by atomic mass is 10.1. The van der Waals surface area contributed by atoms with Crippen molar-refractivity contribution in [1.29, 1.82) is 5.26 Å². The summed E-state index contributed by atoms with van der Waals surface area (Å²) in [5.41, 5.74) is 1.85. The summed E-state index contributed by atoms with van der Waals surface area (Å²) in [5, 5.41) is 12.0. The highest BCUT2D eigenvalue weighted by molar-refractivity contribution is 9.10. The zero-order valence-electron chi connectivity index (χ0n) is 11.0. The Balaban J connectivity index is 1.67. The Kier molecular flexibility index (Phi) is 5.60. The van der Waals surface area contributed by atoms with E-state index in [4.69, 9.17) is 10.00 Å². The van der Waals surface area contributed by atoms with Crippen molar-refractivity contribution in [2.24, 2.45) is 0 Å². The van der Waals surface area contributed by atoms with Crippen LogP contribution in [-0.2, 0) is 6.54 Å². The van der Waals surface area contributed by atoms with Crippen molar-refractivity contribution in [1.82, 2.24) is 5.32 Å². The molecule has 2 aromatic rings. The smallest absolute Gasteiger partial charge is 0.120 e. The van der Waals surface area contributed by atoms with Crippen LogP contribution in [0.15, 0.2) is 53.0 Å². The van der Waals surface area contributed by atoms with Crippen molar-refractivity contribution in [2.75, 3.05) is 13.2 Å². The van der Waals surface area contributed by atoms with E-state index in [9.17, 15) is 0 Å². The van der Waals surface area contributed by atoms with Crippen LogP contribution in [0, 0.1) is 11.3 Å². The Morgan fingerprint density at radius 3 is 2.65 bits per heavy atom. The third-order valence-corrected chi connectivity index (χ3v) is 3.25. The Bertz CT molecular complexity index is 590. The Hall–Kier alpha value is -1.83. The van der Waals surface area contributed by atoms with E-state index in [1.165, 1.54) is 0 Å². The van der Waals surface area contributed by atoms with E-state index in [2.05, 4.69) is 27.3 Å². The molecule has 20 heavy (non-hydrogen) atoms. The molecule has 0 radical (unpaired) electrons. The summed E-state index contributed by atoms with van der Waals surface area (Å²) in [5.74, 6) is 0.861. The molecule has 1 N–H and O–H groups in total. The molecule has 0 amide bonds. The average molecular weight is 331 g/mol. The van der Waals surface area contributed by atoms with Gasteiger partial charge < -0.3 is 10.1 Å². The topological polar surface area (TPSA) is 45.0 Å². The minimum Gasteiger partial charge on any atom is -0.492 e. The molecule has 0 aliphatic heterocycles. The van der Waals surface area contributed by atoms with Gasteiger partial charge in [0.25, 0.3) is 0 Å². The molecule has 0 aliphatic rings. The number of ether oxygens (including phenoxy) is 1. The number of rotatable bonds is 6. The molecule has 0 aromatic heterocycles. The summed E-state index contributed by atoms with van der Waals surface area (Å²) in [6.45, 7) is 2.16. The van der Waals surface area contributed by atoms with Crippen molar-refractivity contribution in [2.45, 2.75) is 6.54 Å². The van der Waals surface area contributed by atoms with E-state index >= 15 is 0 Å². The summed E-state index contributed by atoms with van der Waals surface area (Å²) in [4.78, 5) is 0. The van der Waals surface area contributed by atoms with Gasteiger partial charge in [0.15, 0.2) is 0 Å². The lowest BCUT2D eigenvalue weighted by Gasteiger charge is -2.08. The first kappa shape index (κ1) is 14.6. The fraction of sp³-hybridized carbons (Fsp3) is 0.188. The lowest BCUT2D eigenvalue weighted by molar-refractivity contribution is 0.313. The zero-order chi connectivity index (χ0) is 14.2. The van der Waals surface area contributed by atoms with Gasteiger partial charge in [-0.05, 0) is 35.9 Å². The second kappa shape index (κ2) is 7.68. The van der Waals surface area contributed by atoms with Crippen LogP contribution in [0.25, 0.3) is 0 Å². The maximum absolute atomic E-state index is 8.72. The molecule has 2 aromatic carbocycles. The molecule has 0 atom stereocenters. The molecule has 0 bridgehead atoms. The van der Waals surface area contributed by atoms with Gasteiger partial charge in [0.05, 0.1) is 11.6 Å². The molecule has 0 saturated heterocycles. The van der Waals surface area contributed by atoms with Crippen LogP contribution in [-0.4, -0.2) is 13.2 Å². The first-order valence-electron chi connectivity index (χ1n) is 6.36. The Morgan fingerprint density at radius 2 is 1.95 bits per heavy atom. The summed E-state index contributed by atoms with van der Waals surface area (Å²) in [6, 6.07) is 17.5. The van der Waals surface area contributed by atoms with Gasteiger partial charge in [-0.3, -0.25) is 0 Å². The van der Waals surface area contributed by atoms with E-state index in [0.717, 1.165) is 28.9 Å². The Labute approximate surface area is 127 Å². The largest absolute Gasteiger partial charge is 0.492 e.